The summed E-state index contributed by atoms with van der Waals surface area (Å²) in [5.74, 6) is -10.8. The van der Waals surface area contributed by atoms with Crippen LogP contribution in [-0.4, -0.2) is 160 Å². The summed E-state index contributed by atoms with van der Waals surface area (Å²) in [6, 6.07) is -2.33. The van der Waals surface area contributed by atoms with Crippen LogP contribution in [0.5, 0.6) is 0 Å². The van der Waals surface area contributed by atoms with Crippen LogP contribution in [-0.2, 0) is 57.3 Å². The van der Waals surface area contributed by atoms with Crippen LogP contribution in [0.4, 0.5) is 4.79 Å². The highest BCUT2D eigenvalue weighted by molar-refractivity contribution is 6.39. The standard InChI is InChI=1S/C56H87N3O17/c1-12-26-73-55(67)59(70)44-31-41-23-21-39(8)56(68,75-41)51(63)52(64)58-25-17-16-20-43(58)54(66)74-46(36(5)29-40-22-24-42(47(30-40)71-10)53(65)76-57(9)69)32-45(60)35(4)28-38(7)49(62)50(72-11)48(61)37(6)27-33(2)18-14-13-15-19-34(44)3/h13-15,18-19,28,33,35-37,39-44,46-47,49-50,62,68-70H,12,16-17,20-27,29-32H2,1-11H3/b15-13+,18-14-,34-19+,38-28+/t33-,35-,36-,37-,39-,40+,41+,42-,43+,44-,46+,47-,49-,50+,56-/m1/s1. The molecule has 15 atom stereocenters. The van der Waals surface area contributed by atoms with Crippen molar-refractivity contribution in [1.82, 2.24) is 15.2 Å². The number of esters is 1. The van der Waals surface area contributed by atoms with E-state index in [9.17, 15) is 54.2 Å². The lowest BCUT2D eigenvalue weighted by atomic mass is 9.75. The maximum Gasteiger partial charge on any atom is 0.434 e. The van der Waals surface area contributed by atoms with Crippen molar-refractivity contribution < 1.29 is 82.7 Å². The number of nitrogens with zero attached hydrogens (tertiary/aromatic N) is 3. The van der Waals surface area contributed by atoms with E-state index in [0.29, 0.717) is 79.2 Å². The van der Waals surface area contributed by atoms with Gasteiger partial charge in [-0.15, -0.1) is 0 Å². The number of aliphatic hydroxyl groups is 2. The Kier molecular flexibility index (Phi) is 25.1. The fourth-order valence-electron chi connectivity index (χ4n) is 11.0. The molecular formula is C56H87N3O17. The molecule has 0 spiro atoms. The van der Waals surface area contributed by atoms with Gasteiger partial charge in [0.15, 0.2) is 5.78 Å². The molecule has 2 bridgehead atoms. The fourth-order valence-corrected chi connectivity index (χ4v) is 11.0. The third-order valence-electron chi connectivity index (χ3n) is 15.7. The van der Waals surface area contributed by atoms with Crippen LogP contribution in [0.3, 0.4) is 0 Å². The van der Waals surface area contributed by atoms with Crippen molar-refractivity contribution in [2.75, 3.05) is 34.4 Å². The molecule has 1 saturated carbocycles. The molecule has 20 nitrogen and oxygen atoms in total. The van der Waals surface area contributed by atoms with Crippen molar-refractivity contribution in [2.24, 2.45) is 41.4 Å². The summed E-state index contributed by atoms with van der Waals surface area (Å²) in [6.45, 7) is 13.9. The van der Waals surface area contributed by atoms with E-state index in [2.05, 4.69) is 0 Å². The monoisotopic (exact) mass is 1070 g/mol. The zero-order valence-electron chi connectivity index (χ0n) is 46.6. The molecule has 1 aliphatic carbocycles. The van der Waals surface area contributed by atoms with Gasteiger partial charge in [0.1, 0.15) is 30.1 Å². The number of allylic oxidation sites excluding steroid dienone is 6. The van der Waals surface area contributed by atoms with Gasteiger partial charge in [-0.25, -0.2) is 14.4 Å². The first-order valence-electron chi connectivity index (χ1n) is 27.1. The van der Waals surface area contributed by atoms with Gasteiger partial charge in [0.2, 0.25) is 5.79 Å². The lowest BCUT2D eigenvalue weighted by molar-refractivity contribution is -0.306. The van der Waals surface area contributed by atoms with Gasteiger partial charge in [-0.1, -0.05) is 78.0 Å². The van der Waals surface area contributed by atoms with Gasteiger partial charge in [-0.2, -0.15) is 5.06 Å². The van der Waals surface area contributed by atoms with Crippen molar-refractivity contribution in [3.05, 3.63) is 47.6 Å². The number of amides is 2. The van der Waals surface area contributed by atoms with E-state index in [1.807, 2.05) is 19.9 Å². The first-order chi connectivity index (χ1) is 35.9. The molecule has 20 heteroatoms. The van der Waals surface area contributed by atoms with Crippen molar-refractivity contribution in [1.29, 1.82) is 0 Å². The quantitative estimate of drug-likeness (QED) is 0.0576. The number of Topliss-reactive ketones (excluding diaryl/α,β-unsaturated/α-hetero) is 3. The predicted molar refractivity (Wildman–Crippen MR) is 277 cm³/mol. The second kappa shape index (κ2) is 29.9. The number of methoxy groups -OCH3 is 2. The number of fused-ring (bicyclic) bond motifs is 3. The Bertz CT molecular complexity index is 2120. The summed E-state index contributed by atoms with van der Waals surface area (Å²) in [5.41, 5.74) is 0.820. The number of ether oxygens (including phenoxy) is 5. The second-order valence-electron chi connectivity index (χ2n) is 21.8. The predicted octanol–water partition coefficient (Wildman–Crippen LogP) is 6.81. The molecule has 2 amide bonds. The third-order valence-corrected chi connectivity index (χ3v) is 15.7. The summed E-state index contributed by atoms with van der Waals surface area (Å²) in [4.78, 5) is 104. The largest absolute Gasteiger partial charge is 0.460 e. The lowest BCUT2D eigenvalue weighted by Crippen LogP contribution is -2.61. The van der Waals surface area contributed by atoms with Crippen molar-refractivity contribution >= 4 is 41.3 Å². The molecule has 0 aromatic carbocycles. The molecule has 3 heterocycles. The first-order valence-corrected chi connectivity index (χ1v) is 27.1. The molecular weight excluding hydrogens is 987 g/mol. The number of carbonyl (C=O) groups excluding carboxylic acids is 7. The van der Waals surface area contributed by atoms with Crippen LogP contribution in [0.15, 0.2) is 47.6 Å². The minimum absolute atomic E-state index is 0.0201. The van der Waals surface area contributed by atoms with Crippen LogP contribution in [0.25, 0.3) is 0 Å². The van der Waals surface area contributed by atoms with Crippen LogP contribution < -0.4 is 0 Å². The van der Waals surface area contributed by atoms with Crippen LogP contribution in [0.1, 0.15) is 139 Å². The highest BCUT2D eigenvalue weighted by atomic mass is 16.9. The Labute approximate surface area is 448 Å². The average molecular weight is 1070 g/mol. The zero-order valence-corrected chi connectivity index (χ0v) is 46.6. The number of hydroxylamine groups is 4. The highest BCUT2D eigenvalue weighted by Gasteiger charge is 2.53. The Hall–Kier alpha value is -4.67. The van der Waals surface area contributed by atoms with Crippen molar-refractivity contribution in [2.45, 2.75) is 187 Å². The van der Waals surface area contributed by atoms with E-state index in [-0.39, 0.29) is 62.2 Å². The molecule has 428 valence electrons. The van der Waals surface area contributed by atoms with E-state index >= 15 is 0 Å². The number of ketones is 3. The van der Waals surface area contributed by atoms with E-state index < -0.39 is 108 Å². The van der Waals surface area contributed by atoms with Gasteiger partial charge >= 0.3 is 18.0 Å². The van der Waals surface area contributed by atoms with Crippen molar-refractivity contribution in [3.63, 3.8) is 0 Å². The normalized spacial score (nSPS) is 36.1. The summed E-state index contributed by atoms with van der Waals surface area (Å²) in [7, 11) is 4.00. The number of hydrogen-bond donors (Lipinski definition) is 4. The second-order valence-corrected chi connectivity index (χ2v) is 21.8. The van der Waals surface area contributed by atoms with E-state index in [0.717, 1.165) is 4.90 Å². The van der Waals surface area contributed by atoms with Gasteiger partial charge in [0.25, 0.3) is 11.7 Å². The summed E-state index contributed by atoms with van der Waals surface area (Å²) in [5, 5.41) is 45.3. The molecule has 3 aliphatic heterocycles. The number of rotatable bonds is 10. The molecule has 0 aromatic heterocycles. The van der Waals surface area contributed by atoms with E-state index in [1.54, 1.807) is 71.9 Å². The maximum absolute atomic E-state index is 14.6. The molecule has 0 aromatic rings. The van der Waals surface area contributed by atoms with Crippen LogP contribution >= 0.6 is 0 Å². The Morgan fingerprint density at radius 2 is 1.62 bits per heavy atom. The van der Waals surface area contributed by atoms with Gasteiger partial charge in [-0.05, 0) is 119 Å². The van der Waals surface area contributed by atoms with Gasteiger partial charge in [0, 0.05) is 51.4 Å². The molecule has 3 fully saturated rings. The van der Waals surface area contributed by atoms with Gasteiger partial charge in [-0.3, -0.25) is 29.6 Å². The molecule has 0 radical (unpaired) electrons. The summed E-state index contributed by atoms with van der Waals surface area (Å²) < 4.78 is 29.0. The van der Waals surface area contributed by atoms with Gasteiger partial charge in [0.05, 0.1) is 37.8 Å². The number of hydrogen-bond acceptors (Lipinski definition) is 18. The maximum atomic E-state index is 14.6. The molecule has 2 saturated heterocycles. The Balaban J connectivity index is 1.75. The van der Waals surface area contributed by atoms with E-state index in [1.165, 1.54) is 21.3 Å². The molecule has 76 heavy (non-hydrogen) atoms. The van der Waals surface area contributed by atoms with Crippen LogP contribution in [0, 0.1) is 41.4 Å². The van der Waals surface area contributed by atoms with Crippen molar-refractivity contribution in [3.8, 4) is 0 Å². The molecule has 0 unspecified atom stereocenters. The number of piperidine rings is 1. The average Bonchev–Trinajstić information content (AvgIpc) is 3.38. The minimum atomic E-state index is -2.64. The Morgan fingerprint density at radius 3 is 2.28 bits per heavy atom. The zero-order chi connectivity index (χ0) is 56.6. The molecule has 4 N–H and O–H groups in total. The molecule has 4 rings (SSSR count). The highest BCUT2D eigenvalue weighted by Crippen LogP contribution is 2.39. The van der Waals surface area contributed by atoms with Gasteiger partial charge < -0.3 is 43.6 Å². The summed E-state index contributed by atoms with van der Waals surface area (Å²) in [6.07, 6.45) is 8.07. The summed E-state index contributed by atoms with van der Waals surface area (Å²) >= 11 is 0. The fraction of sp³-hybridized carbons (Fsp3) is 0.732. The number of aliphatic hydroxyl groups excluding tert-OH is 1. The SMILES string of the molecule is CCCOC(=O)N(O)[C@@H]1C[C@@H]2CC[C@@H](C)[C@@](O)(O2)C(=O)C(=O)N2CCCC[C@H]2C(=O)O[C@H]([C@H](C)C[C@@H]2CC[C@@H](C(=O)ON(C)O)[C@H](OC)C2)CC(=O)[C@H](C)/C=C(\C)[C@@H](O)[C@@H](OC)C(=O)[C@H](C)C[C@H](C)\C=C/C=C/C=C/1C. The lowest BCUT2D eigenvalue weighted by Gasteiger charge is -2.43. The molecule has 4 aliphatic rings. The minimum Gasteiger partial charge on any atom is -0.460 e. The third kappa shape index (κ3) is 17.2. The number of carbonyl (C=O) groups is 7. The Morgan fingerprint density at radius 1 is 0.908 bits per heavy atom. The topological polar surface area (TPSA) is 266 Å². The number of cyclic esters (lactones) is 1. The first kappa shape index (κ1) is 63.9. The smallest absolute Gasteiger partial charge is 0.434 e. The van der Waals surface area contributed by atoms with E-state index in [4.69, 9.17) is 28.5 Å². The van der Waals surface area contributed by atoms with Crippen LogP contribution in [0.2, 0.25) is 0 Å².